The lowest BCUT2D eigenvalue weighted by atomic mass is 10.1. The third-order valence-electron chi connectivity index (χ3n) is 2.05. The summed E-state index contributed by atoms with van der Waals surface area (Å²) in [6.07, 6.45) is 6.89. The average molecular weight is 184 g/mol. The monoisotopic (exact) mass is 184 g/mol. The molecule has 0 saturated heterocycles. The molecule has 1 atom stereocenters. The van der Waals surface area contributed by atoms with Gasteiger partial charge in [-0.15, -0.1) is 6.58 Å². The Morgan fingerprint density at radius 1 is 1.38 bits per heavy atom. The van der Waals surface area contributed by atoms with Crippen molar-refractivity contribution in [2.24, 2.45) is 0 Å². The van der Waals surface area contributed by atoms with E-state index in [1.54, 1.807) is 13.0 Å². The fraction of sp³-hybridized carbons (Fsp3) is 0.727. The van der Waals surface area contributed by atoms with Gasteiger partial charge in [0.05, 0.1) is 6.10 Å². The van der Waals surface area contributed by atoms with Crippen LogP contribution >= 0.6 is 0 Å². The summed E-state index contributed by atoms with van der Waals surface area (Å²) in [6.45, 7) is 5.13. The molecule has 2 nitrogen and oxygen atoms in total. The largest absolute Gasteiger partial charge is 0.389 e. The van der Waals surface area contributed by atoms with Crippen LogP contribution in [0.15, 0.2) is 12.7 Å². The molecule has 1 unspecified atom stereocenters. The van der Waals surface area contributed by atoms with Crippen molar-refractivity contribution >= 4 is 5.78 Å². The van der Waals surface area contributed by atoms with Gasteiger partial charge in [0.25, 0.3) is 0 Å². The predicted molar refractivity (Wildman–Crippen MR) is 54.6 cm³/mol. The Morgan fingerprint density at radius 3 is 2.54 bits per heavy atom. The summed E-state index contributed by atoms with van der Waals surface area (Å²) in [5.74, 6) is 0.270. The number of ketones is 1. The summed E-state index contributed by atoms with van der Waals surface area (Å²) in [5.41, 5.74) is 0. The Labute approximate surface area is 80.7 Å². The van der Waals surface area contributed by atoms with Crippen molar-refractivity contribution in [2.45, 2.75) is 51.6 Å². The smallest absolute Gasteiger partial charge is 0.129 e. The molecule has 0 aromatic carbocycles. The van der Waals surface area contributed by atoms with E-state index in [1.165, 1.54) is 0 Å². The first kappa shape index (κ1) is 12.4. The van der Waals surface area contributed by atoms with Gasteiger partial charge in [0.1, 0.15) is 5.78 Å². The molecule has 0 saturated carbocycles. The number of carbonyl (C=O) groups is 1. The molecule has 2 heteroatoms. The highest BCUT2D eigenvalue weighted by atomic mass is 16.3. The summed E-state index contributed by atoms with van der Waals surface area (Å²) < 4.78 is 0. The van der Waals surface area contributed by atoms with E-state index < -0.39 is 0 Å². The summed E-state index contributed by atoms with van der Waals surface area (Å²) in [7, 11) is 0. The number of rotatable bonds is 8. The molecule has 0 aromatic rings. The van der Waals surface area contributed by atoms with Crippen molar-refractivity contribution in [3.63, 3.8) is 0 Å². The van der Waals surface area contributed by atoms with E-state index in [1.807, 2.05) is 0 Å². The van der Waals surface area contributed by atoms with E-state index in [-0.39, 0.29) is 11.9 Å². The fourth-order valence-electron chi connectivity index (χ4n) is 1.20. The van der Waals surface area contributed by atoms with Gasteiger partial charge in [-0.3, -0.25) is 0 Å². The zero-order chi connectivity index (χ0) is 10.1. The van der Waals surface area contributed by atoms with Crippen LogP contribution in [0.1, 0.15) is 45.4 Å². The molecule has 0 fully saturated rings. The van der Waals surface area contributed by atoms with E-state index >= 15 is 0 Å². The number of hydrogen-bond donors (Lipinski definition) is 1. The summed E-state index contributed by atoms with van der Waals surface area (Å²) in [4.78, 5) is 10.6. The van der Waals surface area contributed by atoms with Crippen molar-refractivity contribution in [3.05, 3.63) is 12.7 Å². The maximum Gasteiger partial charge on any atom is 0.129 e. The molecule has 0 radical (unpaired) electrons. The highest BCUT2D eigenvalue weighted by molar-refractivity contribution is 5.75. The summed E-state index contributed by atoms with van der Waals surface area (Å²) in [6, 6.07) is 0. The van der Waals surface area contributed by atoms with Crippen molar-refractivity contribution in [2.75, 3.05) is 0 Å². The quantitative estimate of drug-likeness (QED) is 0.465. The second kappa shape index (κ2) is 7.99. The topological polar surface area (TPSA) is 37.3 Å². The minimum Gasteiger partial charge on any atom is -0.389 e. The van der Waals surface area contributed by atoms with E-state index in [0.717, 1.165) is 32.1 Å². The molecule has 0 spiro atoms. The average Bonchev–Trinajstić information content (AvgIpc) is 2.10. The van der Waals surface area contributed by atoms with E-state index in [0.29, 0.717) is 6.42 Å². The molecule has 0 amide bonds. The molecule has 1 N–H and O–H groups in total. The van der Waals surface area contributed by atoms with Crippen LogP contribution in [0, 0.1) is 0 Å². The van der Waals surface area contributed by atoms with Crippen molar-refractivity contribution in [1.82, 2.24) is 0 Å². The Balaban J connectivity index is 3.08. The predicted octanol–water partition coefficient (Wildman–Crippen LogP) is 2.46. The molecule has 13 heavy (non-hydrogen) atoms. The van der Waals surface area contributed by atoms with Gasteiger partial charge < -0.3 is 9.90 Å². The van der Waals surface area contributed by atoms with Gasteiger partial charge >= 0.3 is 0 Å². The first-order chi connectivity index (χ1) is 6.16. The van der Waals surface area contributed by atoms with Crippen molar-refractivity contribution in [3.8, 4) is 0 Å². The van der Waals surface area contributed by atoms with E-state index in [9.17, 15) is 4.79 Å². The van der Waals surface area contributed by atoms with E-state index in [2.05, 4.69) is 6.58 Å². The number of unbranched alkanes of at least 4 members (excludes halogenated alkanes) is 3. The molecule has 0 aromatic heterocycles. The van der Waals surface area contributed by atoms with Crippen LogP contribution in [0.2, 0.25) is 0 Å². The minimum absolute atomic E-state index is 0.270. The lowest BCUT2D eigenvalue weighted by molar-refractivity contribution is -0.117. The Hall–Kier alpha value is -0.630. The van der Waals surface area contributed by atoms with E-state index in [4.69, 9.17) is 5.11 Å². The highest BCUT2D eigenvalue weighted by Gasteiger charge is 1.98. The second-order valence-corrected chi connectivity index (χ2v) is 3.46. The van der Waals surface area contributed by atoms with Gasteiger partial charge in [0, 0.05) is 6.42 Å². The molecule has 0 rings (SSSR count). The number of Topliss-reactive ketones (excluding diaryl/α,β-unsaturated/α-hetero) is 1. The molecule has 0 aliphatic carbocycles. The standard InChI is InChI=1S/C11H20O2/c1-3-11(13)9-7-5-4-6-8-10(2)12/h3,11,13H,1,4-9H2,2H3. The van der Waals surface area contributed by atoms with Gasteiger partial charge in [0.2, 0.25) is 0 Å². The van der Waals surface area contributed by atoms with Crippen molar-refractivity contribution in [1.29, 1.82) is 0 Å². The van der Waals surface area contributed by atoms with Crippen LogP contribution < -0.4 is 0 Å². The number of hydrogen-bond acceptors (Lipinski definition) is 2. The number of carbonyl (C=O) groups excluding carboxylic acids is 1. The molecular formula is C11H20O2. The lowest BCUT2D eigenvalue weighted by Crippen LogP contribution is -2.00. The van der Waals surface area contributed by atoms with Crippen LogP contribution in [0.3, 0.4) is 0 Å². The maximum atomic E-state index is 10.6. The van der Waals surface area contributed by atoms with Gasteiger partial charge in [-0.05, 0) is 19.8 Å². The van der Waals surface area contributed by atoms with Gasteiger partial charge in [-0.2, -0.15) is 0 Å². The highest BCUT2D eigenvalue weighted by Crippen LogP contribution is 2.07. The lowest BCUT2D eigenvalue weighted by Gasteiger charge is -2.03. The second-order valence-electron chi connectivity index (χ2n) is 3.46. The zero-order valence-electron chi connectivity index (χ0n) is 8.46. The molecule has 0 heterocycles. The molecule has 0 aliphatic heterocycles. The minimum atomic E-state index is -0.354. The van der Waals surface area contributed by atoms with Crippen molar-refractivity contribution < 1.29 is 9.90 Å². The zero-order valence-corrected chi connectivity index (χ0v) is 8.46. The molecule has 76 valence electrons. The first-order valence-electron chi connectivity index (χ1n) is 4.97. The summed E-state index contributed by atoms with van der Waals surface area (Å²) >= 11 is 0. The van der Waals surface area contributed by atoms with Gasteiger partial charge in [0.15, 0.2) is 0 Å². The van der Waals surface area contributed by atoms with Crippen LogP contribution in [-0.2, 0) is 4.79 Å². The number of aliphatic hydroxyl groups excluding tert-OH is 1. The van der Waals surface area contributed by atoms with Crippen LogP contribution in [0.25, 0.3) is 0 Å². The van der Waals surface area contributed by atoms with Gasteiger partial charge in [-0.25, -0.2) is 0 Å². The van der Waals surface area contributed by atoms with Crippen LogP contribution in [0.4, 0.5) is 0 Å². The maximum absolute atomic E-state index is 10.6. The first-order valence-corrected chi connectivity index (χ1v) is 4.97. The molecular weight excluding hydrogens is 164 g/mol. The van der Waals surface area contributed by atoms with Crippen LogP contribution in [0.5, 0.6) is 0 Å². The summed E-state index contributed by atoms with van der Waals surface area (Å²) in [5, 5.41) is 9.13. The number of aliphatic hydroxyl groups is 1. The Morgan fingerprint density at radius 2 is 2.00 bits per heavy atom. The Kier molecular flexibility index (Phi) is 7.60. The van der Waals surface area contributed by atoms with Gasteiger partial charge in [-0.1, -0.05) is 25.3 Å². The third-order valence-corrected chi connectivity index (χ3v) is 2.05. The fourth-order valence-corrected chi connectivity index (χ4v) is 1.20. The van der Waals surface area contributed by atoms with Crippen LogP contribution in [-0.4, -0.2) is 17.0 Å². The normalized spacial score (nSPS) is 12.5. The Bertz CT molecular complexity index is 152. The SMILES string of the molecule is C=CC(O)CCCCCCC(C)=O. The third kappa shape index (κ3) is 9.28. The molecule has 0 bridgehead atoms. The molecule has 0 aliphatic rings.